The quantitative estimate of drug-likeness (QED) is 0.636. The van der Waals surface area contributed by atoms with Gasteiger partial charge in [0.15, 0.2) is 6.10 Å². The zero-order valence-electron chi connectivity index (χ0n) is 8.16. The Morgan fingerprint density at radius 3 is 2.62 bits per heavy atom. The fourth-order valence-electron chi connectivity index (χ4n) is 1.28. The van der Waals surface area contributed by atoms with Crippen LogP contribution in [-0.2, 0) is 14.3 Å². The molecule has 74 valence electrons. The summed E-state index contributed by atoms with van der Waals surface area (Å²) in [5.74, 6) is -0.155. The summed E-state index contributed by atoms with van der Waals surface area (Å²) in [6.45, 7) is 5.56. The highest BCUT2D eigenvalue weighted by Gasteiger charge is 2.33. The number of hydrogen-bond donors (Lipinski definition) is 1. The molecule has 0 aliphatic carbocycles. The van der Waals surface area contributed by atoms with E-state index in [1.54, 1.807) is 6.92 Å². The predicted molar refractivity (Wildman–Crippen MR) is 46.9 cm³/mol. The fourth-order valence-corrected chi connectivity index (χ4v) is 1.28. The van der Waals surface area contributed by atoms with Gasteiger partial charge in [0, 0.05) is 0 Å². The van der Waals surface area contributed by atoms with E-state index in [2.05, 4.69) is 5.32 Å². The predicted octanol–water partition coefficient (Wildman–Crippen LogP) is 0.463. The van der Waals surface area contributed by atoms with Crippen LogP contribution < -0.4 is 5.32 Å². The zero-order valence-corrected chi connectivity index (χ0v) is 8.16. The lowest BCUT2D eigenvalue weighted by Gasteiger charge is -2.27. The maximum Gasteiger partial charge on any atom is 0.329 e. The highest BCUT2D eigenvalue weighted by molar-refractivity contribution is 5.92. The molecular formula is C9H15NO3. The second-order valence-corrected chi connectivity index (χ2v) is 3.77. The second kappa shape index (κ2) is 3.77. The van der Waals surface area contributed by atoms with E-state index in [0.717, 1.165) is 0 Å². The van der Waals surface area contributed by atoms with Crippen molar-refractivity contribution in [1.82, 2.24) is 5.32 Å². The summed E-state index contributed by atoms with van der Waals surface area (Å²) < 4.78 is 4.86. The Hall–Kier alpha value is -1.06. The maximum absolute atomic E-state index is 11.2. The minimum atomic E-state index is -0.643. The Morgan fingerprint density at radius 2 is 2.08 bits per heavy atom. The van der Waals surface area contributed by atoms with Crippen molar-refractivity contribution in [2.24, 2.45) is 5.92 Å². The van der Waals surface area contributed by atoms with E-state index >= 15 is 0 Å². The molecule has 0 radical (unpaired) electrons. The van der Waals surface area contributed by atoms with Gasteiger partial charge in [-0.3, -0.25) is 4.79 Å². The number of carbonyl (C=O) groups is 2. The van der Waals surface area contributed by atoms with Crippen molar-refractivity contribution < 1.29 is 14.3 Å². The lowest BCUT2D eigenvalue weighted by atomic mass is 10.0. The van der Waals surface area contributed by atoms with Crippen LogP contribution in [0.25, 0.3) is 0 Å². The first kappa shape index (κ1) is 10.0. The number of hydrogen-bond acceptors (Lipinski definition) is 3. The zero-order chi connectivity index (χ0) is 10.0. The Balaban J connectivity index is 2.56. The molecule has 1 N–H and O–H groups in total. The number of nitrogens with one attached hydrogen (secondary N) is 1. The van der Waals surface area contributed by atoms with E-state index in [1.165, 1.54) is 0 Å². The fraction of sp³-hybridized carbons (Fsp3) is 0.778. The van der Waals surface area contributed by atoms with E-state index in [4.69, 9.17) is 4.74 Å². The van der Waals surface area contributed by atoms with Crippen molar-refractivity contribution in [3.63, 3.8) is 0 Å². The van der Waals surface area contributed by atoms with Crippen LogP contribution in [0, 0.1) is 5.92 Å². The van der Waals surface area contributed by atoms with Crippen LogP contribution in [0.1, 0.15) is 27.2 Å². The number of ether oxygens (including phenoxy) is 1. The molecule has 1 amide bonds. The lowest BCUT2D eigenvalue weighted by Crippen LogP contribution is -2.53. The third-order valence-corrected chi connectivity index (χ3v) is 1.97. The monoisotopic (exact) mass is 185 g/mol. The molecule has 4 nitrogen and oxygen atoms in total. The van der Waals surface area contributed by atoms with Gasteiger partial charge in [0.2, 0.25) is 0 Å². The highest BCUT2D eigenvalue weighted by Crippen LogP contribution is 2.11. The number of carbonyl (C=O) groups excluding carboxylic acids is 2. The van der Waals surface area contributed by atoms with Crippen molar-refractivity contribution in [3.8, 4) is 0 Å². The molecule has 0 saturated carbocycles. The molecule has 0 spiro atoms. The molecule has 1 fully saturated rings. The Kier molecular flexibility index (Phi) is 2.90. The van der Waals surface area contributed by atoms with E-state index in [1.807, 2.05) is 13.8 Å². The van der Waals surface area contributed by atoms with Crippen LogP contribution >= 0.6 is 0 Å². The topological polar surface area (TPSA) is 55.4 Å². The summed E-state index contributed by atoms with van der Waals surface area (Å²) in [5, 5.41) is 2.63. The van der Waals surface area contributed by atoms with Gasteiger partial charge in [0.25, 0.3) is 5.91 Å². The molecule has 1 aliphatic rings. The molecule has 0 aromatic rings. The molecule has 1 rings (SSSR count). The molecule has 2 atom stereocenters. The van der Waals surface area contributed by atoms with Gasteiger partial charge in [-0.05, 0) is 19.3 Å². The van der Waals surface area contributed by atoms with Gasteiger partial charge in [-0.1, -0.05) is 13.8 Å². The van der Waals surface area contributed by atoms with Gasteiger partial charge in [-0.15, -0.1) is 0 Å². The molecule has 1 saturated heterocycles. The van der Waals surface area contributed by atoms with Crippen LogP contribution in [0.4, 0.5) is 0 Å². The number of amides is 1. The summed E-state index contributed by atoms with van der Waals surface area (Å²) >= 11 is 0. The third-order valence-electron chi connectivity index (χ3n) is 1.97. The second-order valence-electron chi connectivity index (χ2n) is 3.77. The largest absolute Gasteiger partial charge is 0.451 e. The van der Waals surface area contributed by atoms with E-state index < -0.39 is 12.1 Å². The van der Waals surface area contributed by atoms with Crippen LogP contribution in [-0.4, -0.2) is 24.0 Å². The van der Waals surface area contributed by atoms with Crippen LogP contribution in [0.15, 0.2) is 0 Å². The summed E-state index contributed by atoms with van der Waals surface area (Å²) in [4.78, 5) is 22.4. The van der Waals surface area contributed by atoms with Gasteiger partial charge in [0.1, 0.15) is 6.04 Å². The van der Waals surface area contributed by atoms with Crippen molar-refractivity contribution in [1.29, 1.82) is 0 Å². The molecule has 4 heteroatoms. The standard InChI is InChI=1S/C9H15NO3/c1-5(2)4-7-9(12)13-6(3)8(11)10-7/h5-7H,4H2,1-3H3,(H,10,11)/t6?,7-/m0/s1. The highest BCUT2D eigenvalue weighted by atomic mass is 16.6. The van der Waals surface area contributed by atoms with Crippen molar-refractivity contribution in [3.05, 3.63) is 0 Å². The molecule has 1 aliphatic heterocycles. The molecule has 13 heavy (non-hydrogen) atoms. The normalized spacial score (nSPS) is 28.6. The summed E-state index contributed by atoms with van der Waals surface area (Å²) in [6.07, 6.45) is -0.00647. The smallest absolute Gasteiger partial charge is 0.329 e. The molecular weight excluding hydrogens is 170 g/mol. The van der Waals surface area contributed by atoms with E-state index in [-0.39, 0.29) is 11.9 Å². The van der Waals surface area contributed by atoms with Crippen LogP contribution in [0.2, 0.25) is 0 Å². The van der Waals surface area contributed by atoms with Gasteiger partial charge in [-0.25, -0.2) is 4.79 Å². The maximum atomic E-state index is 11.2. The number of esters is 1. The summed E-state index contributed by atoms with van der Waals surface area (Å²) in [5.41, 5.74) is 0. The number of morpholine rings is 1. The molecule has 0 aromatic carbocycles. The van der Waals surface area contributed by atoms with E-state index in [0.29, 0.717) is 12.3 Å². The Bertz CT molecular complexity index is 225. The minimum absolute atomic E-state index is 0.203. The Morgan fingerprint density at radius 1 is 1.46 bits per heavy atom. The van der Waals surface area contributed by atoms with Gasteiger partial charge in [-0.2, -0.15) is 0 Å². The third kappa shape index (κ3) is 2.44. The van der Waals surface area contributed by atoms with Crippen LogP contribution in [0.5, 0.6) is 0 Å². The molecule has 0 aromatic heterocycles. The van der Waals surface area contributed by atoms with Gasteiger partial charge >= 0.3 is 5.97 Å². The minimum Gasteiger partial charge on any atom is -0.451 e. The molecule has 1 unspecified atom stereocenters. The summed E-state index contributed by atoms with van der Waals surface area (Å²) in [7, 11) is 0. The van der Waals surface area contributed by atoms with Crippen LogP contribution in [0.3, 0.4) is 0 Å². The molecule has 0 bridgehead atoms. The van der Waals surface area contributed by atoms with Crippen molar-refractivity contribution in [2.75, 3.05) is 0 Å². The van der Waals surface area contributed by atoms with Gasteiger partial charge < -0.3 is 10.1 Å². The first-order valence-corrected chi connectivity index (χ1v) is 4.51. The van der Waals surface area contributed by atoms with E-state index in [9.17, 15) is 9.59 Å². The average molecular weight is 185 g/mol. The van der Waals surface area contributed by atoms with Crippen molar-refractivity contribution >= 4 is 11.9 Å². The first-order chi connectivity index (χ1) is 6.00. The Labute approximate surface area is 77.6 Å². The first-order valence-electron chi connectivity index (χ1n) is 4.51. The molecule has 1 heterocycles. The summed E-state index contributed by atoms with van der Waals surface area (Å²) in [6, 6.07) is -0.455. The van der Waals surface area contributed by atoms with Crippen molar-refractivity contribution in [2.45, 2.75) is 39.3 Å². The SMILES string of the molecule is CC(C)C[C@@H]1NC(=O)C(C)OC1=O. The van der Waals surface area contributed by atoms with Gasteiger partial charge in [0.05, 0.1) is 0 Å². The lowest BCUT2D eigenvalue weighted by molar-refractivity contribution is -0.164. The number of cyclic esters (lactones) is 1. The average Bonchev–Trinajstić information content (AvgIpc) is 1.99. The number of rotatable bonds is 2.